The summed E-state index contributed by atoms with van der Waals surface area (Å²) < 4.78 is -1.56. The molecule has 0 amide bonds. The van der Waals surface area contributed by atoms with E-state index in [1.807, 2.05) is 0 Å². The molecule has 0 radical (unpaired) electrons. The third-order valence-electron chi connectivity index (χ3n) is 1.67. The van der Waals surface area contributed by atoms with Crippen molar-refractivity contribution < 1.29 is 14.7 Å². The fourth-order valence-corrected chi connectivity index (χ4v) is 1.04. The highest BCUT2D eigenvalue weighted by Crippen LogP contribution is 2.22. The first kappa shape index (κ1) is 9.98. The standard InChI is InChI=1S/C8H8BrNO3/c1-8(9,7(12)13)6(11)5-3-2-4-10-5/h2-4,10H,1H3,(H,12,13). The van der Waals surface area contributed by atoms with E-state index < -0.39 is 16.1 Å². The first-order chi connectivity index (χ1) is 5.96. The minimum atomic E-state index is -1.56. The Morgan fingerprint density at radius 2 is 2.23 bits per heavy atom. The lowest BCUT2D eigenvalue weighted by atomic mass is 10.0. The number of halogens is 1. The molecule has 0 aromatic carbocycles. The summed E-state index contributed by atoms with van der Waals surface area (Å²) in [5.74, 6) is -1.70. The number of H-pyrrole nitrogens is 1. The van der Waals surface area contributed by atoms with Gasteiger partial charge in [-0.2, -0.15) is 0 Å². The van der Waals surface area contributed by atoms with Crippen molar-refractivity contribution in [3.63, 3.8) is 0 Å². The molecule has 70 valence electrons. The van der Waals surface area contributed by atoms with Crippen LogP contribution in [0.15, 0.2) is 18.3 Å². The maximum Gasteiger partial charge on any atom is 0.328 e. The maximum absolute atomic E-state index is 11.5. The molecule has 1 atom stereocenters. The van der Waals surface area contributed by atoms with E-state index in [4.69, 9.17) is 5.11 Å². The molecule has 1 heterocycles. The molecular formula is C8H8BrNO3. The minimum Gasteiger partial charge on any atom is -0.480 e. The number of aromatic amines is 1. The Kier molecular flexibility index (Phi) is 2.56. The SMILES string of the molecule is CC(Br)(C(=O)O)C(=O)c1ccc[nH]1. The van der Waals surface area contributed by atoms with Crippen LogP contribution in [-0.2, 0) is 4.79 Å². The van der Waals surface area contributed by atoms with Crippen molar-refractivity contribution in [3.8, 4) is 0 Å². The van der Waals surface area contributed by atoms with Crippen molar-refractivity contribution in [2.45, 2.75) is 11.2 Å². The molecule has 0 aliphatic heterocycles. The average Bonchev–Trinajstić information content (AvgIpc) is 2.54. The number of carbonyl (C=O) groups excluding carboxylic acids is 1. The van der Waals surface area contributed by atoms with Gasteiger partial charge in [-0.1, -0.05) is 15.9 Å². The van der Waals surface area contributed by atoms with Crippen LogP contribution in [0, 0.1) is 0 Å². The van der Waals surface area contributed by atoms with Gasteiger partial charge in [-0.05, 0) is 19.1 Å². The molecule has 0 bridgehead atoms. The van der Waals surface area contributed by atoms with E-state index in [1.165, 1.54) is 13.0 Å². The normalized spacial score (nSPS) is 14.9. The van der Waals surface area contributed by atoms with Gasteiger partial charge in [0.25, 0.3) is 0 Å². The summed E-state index contributed by atoms with van der Waals surface area (Å²) in [7, 11) is 0. The van der Waals surface area contributed by atoms with Crippen LogP contribution < -0.4 is 0 Å². The van der Waals surface area contributed by atoms with Crippen molar-refractivity contribution in [1.82, 2.24) is 4.98 Å². The molecule has 2 N–H and O–H groups in total. The summed E-state index contributed by atoms with van der Waals surface area (Å²) in [4.78, 5) is 24.8. The number of hydrogen-bond donors (Lipinski definition) is 2. The van der Waals surface area contributed by atoms with Crippen LogP contribution in [0.3, 0.4) is 0 Å². The number of carboxylic acids is 1. The number of carboxylic acid groups (broad SMARTS) is 1. The van der Waals surface area contributed by atoms with E-state index in [-0.39, 0.29) is 5.69 Å². The van der Waals surface area contributed by atoms with Crippen LogP contribution in [0.2, 0.25) is 0 Å². The number of hydrogen-bond acceptors (Lipinski definition) is 2. The Bertz CT molecular complexity index is 329. The number of rotatable bonds is 3. The second kappa shape index (κ2) is 3.33. The van der Waals surface area contributed by atoms with Crippen LogP contribution in [0.5, 0.6) is 0 Å². The third kappa shape index (κ3) is 1.80. The molecule has 0 fully saturated rings. The fraction of sp³-hybridized carbons (Fsp3) is 0.250. The second-order valence-electron chi connectivity index (χ2n) is 2.72. The molecule has 1 aromatic rings. The molecule has 1 unspecified atom stereocenters. The van der Waals surface area contributed by atoms with Crippen molar-refractivity contribution >= 4 is 27.7 Å². The third-order valence-corrected chi connectivity index (χ3v) is 2.37. The Balaban J connectivity index is 2.98. The number of nitrogens with one attached hydrogen (secondary N) is 1. The first-order valence-electron chi connectivity index (χ1n) is 3.56. The summed E-state index contributed by atoms with van der Waals surface area (Å²) in [6.07, 6.45) is 1.57. The minimum absolute atomic E-state index is 0.279. The number of alkyl halides is 1. The van der Waals surface area contributed by atoms with Gasteiger partial charge in [0.2, 0.25) is 5.78 Å². The quantitative estimate of drug-likeness (QED) is 0.481. The predicted molar refractivity (Wildman–Crippen MR) is 50.1 cm³/mol. The highest BCUT2D eigenvalue weighted by molar-refractivity contribution is 9.10. The number of carbonyl (C=O) groups is 2. The molecule has 13 heavy (non-hydrogen) atoms. The molecule has 0 saturated heterocycles. The summed E-state index contributed by atoms with van der Waals surface area (Å²) in [6.45, 7) is 1.30. The monoisotopic (exact) mass is 245 g/mol. The lowest BCUT2D eigenvalue weighted by Crippen LogP contribution is -2.37. The Morgan fingerprint density at radius 1 is 1.62 bits per heavy atom. The predicted octanol–water partition coefficient (Wildman–Crippen LogP) is 1.44. The smallest absolute Gasteiger partial charge is 0.328 e. The van der Waals surface area contributed by atoms with Gasteiger partial charge < -0.3 is 10.1 Å². The van der Waals surface area contributed by atoms with Crippen molar-refractivity contribution in [3.05, 3.63) is 24.0 Å². The van der Waals surface area contributed by atoms with Crippen LogP contribution in [0.1, 0.15) is 17.4 Å². The molecule has 5 heteroatoms. The number of ketones is 1. The van der Waals surface area contributed by atoms with E-state index in [2.05, 4.69) is 20.9 Å². The fourth-order valence-electron chi connectivity index (χ4n) is 0.822. The van der Waals surface area contributed by atoms with Crippen LogP contribution in [0.4, 0.5) is 0 Å². The van der Waals surface area contributed by atoms with Gasteiger partial charge in [0.05, 0.1) is 5.69 Å². The van der Waals surface area contributed by atoms with Crippen LogP contribution in [-0.4, -0.2) is 26.2 Å². The summed E-state index contributed by atoms with van der Waals surface area (Å²) in [5.41, 5.74) is 0.279. The molecule has 0 spiro atoms. The molecule has 0 aliphatic carbocycles. The average molecular weight is 246 g/mol. The van der Waals surface area contributed by atoms with Crippen molar-refractivity contribution in [2.24, 2.45) is 0 Å². The number of aromatic nitrogens is 1. The summed E-state index contributed by atoms with van der Waals surface area (Å²) in [6, 6.07) is 3.17. The van der Waals surface area contributed by atoms with Crippen LogP contribution >= 0.6 is 15.9 Å². The second-order valence-corrected chi connectivity index (χ2v) is 4.31. The molecule has 4 nitrogen and oxygen atoms in total. The van der Waals surface area contributed by atoms with Gasteiger partial charge in [0.15, 0.2) is 4.32 Å². The first-order valence-corrected chi connectivity index (χ1v) is 4.36. The van der Waals surface area contributed by atoms with E-state index in [9.17, 15) is 9.59 Å². The van der Waals surface area contributed by atoms with Gasteiger partial charge in [-0.25, -0.2) is 0 Å². The molecular weight excluding hydrogens is 238 g/mol. The Hall–Kier alpha value is -1.10. The number of aliphatic carboxylic acids is 1. The van der Waals surface area contributed by atoms with E-state index in [1.54, 1.807) is 12.3 Å². The van der Waals surface area contributed by atoms with Gasteiger partial charge in [0, 0.05) is 6.20 Å². The van der Waals surface area contributed by atoms with E-state index in [0.29, 0.717) is 0 Å². The van der Waals surface area contributed by atoms with Gasteiger partial charge in [-0.15, -0.1) is 0 Å². The maximum atomic E-state index is 11.5. The molecule has 1 rings (SSSR count). The highest BCUT2D eigenvalue weighted by Gasteiger charge is 2.39. The largest absolute Gasteiger partial charge is 0.480 e. The van der Waals surface area contributed by atoms with Gasteiger partial charge in [0.1, 0.15) is 0 Å². The van der Waals surface area contributed by atoms with E-state index >= 15 is 0 Å². The lowest BCUT2D eigenvalue weighted by Gasteiger charge is -2.13. The van der Waals surface area contributed by atoms with Gasteiger partial charge in [-0.3, -0.25) is 9.59 Å². The topological polar surface area (TPSA) is 70.2 Å². The Labute approximate surface area is 83.1 Å². The Morgan fingerprint density at radius 3 is 2.62 bits per heavy atom. The molecule has 0 saturated carbocycles. The van der Waals surface area contributed by atoms with Crippen LogP contribution in [0.25, 0.3) is 0 Å². The molecule has 0 aliphatic rings. The van der Waals surface area contributed by atoms with Crippen molar-refractivity contribution in [2.75, 3.05) is 0 Å². The lowest BCUT2D eigenvalue weighted by molar-refractivity contribution is -0.137. The summed E-state index contributed by atoms with van der Waals surface area (Å²) in [5, 5.41) is 8.73. The van der Waals surface area contributed by atoms with Gasteiger partial charge >= 0.3 is 5.97 Å². The van der Waals surface area contributed by atoms with Crippen molar-refractivity contribution in [1.29, 1.82) is 0 Å². The van der Waals surface area contributed by atoms with E-state index in [0.717, 1.165) is 0 Å². The molecule has 1 aromatic heterocycles. The zero-order chi connectivity index (χ0) is 10.1. The zero-order valence-corrected chi connectivity index (χ0v) is 8.46. The highest BCUT2D eigenvalue weighted by atomic mass is 79.9. The zero-order valence-electron chi connectivity index (χ0n) is 6.87. The number of Topliss-reactive ketones (excluding diaryl/α,β-unsaturated/α-hetero) is 1. The summed E-state index contributed by atoms with van der Waals surface area (Å²) >= 11 is 2.86.